The Kier molecular flexibility index (Phi) is 4.93. The summed E-state index contributed by atoms with van der Waals surface area (Å²) in [5.41, 5.74) is 4.00. The number of rotatable bonds is 4. The molecule has 4 heteroatoms. The van der Waals surface area contributed by atoms with E-state index in [0.29, 0.717) is 21.3 Å². The number of para-hydroxylation sites is 1. The van der Waals surface area contributed by atoms with Gasteiger partial charge in [0, 0.05) is 11.3 Å². The molecular weight excluding hydrogens is 341 g/mol. The van der Waals surface area contributed by atoms with Crippen LogP contribution in [0.15, 0.2) is 66.7 Å². The van der Waals surface area contributed by atoms with Gasteiger partial charge in [0.1, 0.15) is 5.82 Å². The van der Waals surface area contributed by atoms with E-state index in [9.17, 15) is 4.39 Å². The van der Waals surface area contributed by atoms with E-state index in [1.807, 2.05) is 43.3 Å². The first-order valence-electron chi connectivity index (χ1n) is 7.47. The molecule has 0 amide bonds. The minimum Gasteiger partial charge on any atom is -0.353 e. The normalized spacial score (nSPS) is 10.5. The maximum absolute atomic E-state index is 13.7. The molecule has 0 saturated carbocycles. The topological polar surface area (TPSA) is 12.0 Å². The van der Waals surface area contributed by atoms with Crippen molar-refractivity contribution in [1.29, 1.82) is 0 Å². The predicted octanol–water partition coefficient (Wildman–Crippen LogP) is 6.30. The van der Waals surface area contributed by atoms with Gasteiger partial charge in [-0.3, -0.25) is 0 Å². The van der Waals surface area contributed by atoms with Crippen LogP contribution in [-0.2, 0) is 0 Å². The Labute approximate surface area is 151 Å². The third kappa shape index (κ3) is 3.48. The molecule has 24 heavy (non-hydrogen) atoms. The first kappa shape index (κ1) is 16.6. The molecule has 0 spiro atoms. The monoisotopic (exact) mass is 355 g/mol. The lowest BCUT2D eigenvalue weighted by Gasteiger charge is -2.12. The molecule has 120 valence electrons. The van der Waals surface area contributed by atoms with Gasteiger partial charge in [-0.1, -0.05) is 60.2 Å². The van der Waals surface area contributed by atoms with Crippen molar-refractivity contribution in [1.82, 2.24) is 0 Å². The number of nitrogens with one attached hydrogen (secondary N) is 1. The van der Waals surface area contributed by atoms with Crippen LogP contribution in [0, 0.1) is 12.7 Å². The van der Waals surface area contributed by atoms with Crippen molar-refractivity contribution in [3.8, 4) is 0 Å². The Morgan fingerprint density at radius 3 is 2.38 bits per heavy atom. The van der Waals surface area contributed by atoms with Crippen molar-refractivity contribution in [2.45, 2.75) is 6.92 Å². The second kappa shape index (κ2) is 7.12. The van der Waals surface area contributed by atoms with Gasteiger partial charge in [0.25, 0.3) is 0 Å². The maximum Gasteiger partial charge on any atom is 0.146 e. The van der Waals surface area contributed by atoms with Crippen LogP contribution in [0.5, 0.6) is 0 Å². The summed E-state index contributed by atoms with van der Waals surface area (Å²) < 4.78 is 13.7. The lowest BCUT2D eigenvalue weighted by molar-refractivity contribution is 0.632. The molecule has 0 bridgehead atoms. The fourth-order valence-electron chi connectivity index (χ4n) is 2.47. The largest absolute Gasteiger partial charge is 0.353 e. The van der Waals surface area contributed by atoms with Crippen molar-refractivity contribution in [3.63, 3.8) is 0 Å². The van der Waals surface area contributed by atoms with Crippen LogP contribution in [0.3, 0.4) is 0 Å². The zero-order valence-corrected chi connectivity index (χ0v) is 14.6. The van der Waals surface area contributed by atoms with Crippen LogP contribution < -0.4 is 5.32 Å². The van der Waals surface area contributed by atoms with Crippen LogP contribution in [0.25, 0.3) is 0 Å². The molecule has 0 fully saturated rings. The Balaban J connectivity index is 1.89. The summed E-state index contributed by atoms with van der Waals surface area (Å²) in [4.78, 5) is 0.704. The maximum atomic E-state index is 13.7. The summed E-state index contributed by atoms with van der Waals surface area (Å²) in [5, 5.41) is 3.56. The van der Waals surface area contributed by atoms with E-state index >= 15 is 0 Å². The molecule has 3 rings (SSSR count). The van der Waals surface area contributed by atoms with E-state index in [0.717, 1.165) is 16.7 Å². The zero-order chi connectivity index (χ0) is 17.1. The first-order chi connectivity index (χ1) is 11.6. The summed E-state index contributed by atoms with van der Waals surface area (Å²) in [7, 11) is 0. The average molecular weight is 356 g/mol. The quantitative estimate of drug-likeness (QED) is 0.435. The van der Waals surface area contributed by atoms with E-state index in [2.05, 4.69) is 5.32 Å². The molecule has 1 N–H and O–H groups in total. The summed E-state index contributed by atoms with van der Waals surface area (Å²) in [6.45, 7) is 2.02. The fraction of sp³-hybridized carbons (Fsp3) is 0.0500. The molecule has 0 aliphatic rings. The zero-order valence-electron chi connectivity index (χ0n) is 13.0. The molecule has 0 heterocycles. The van der Waals surface area contributed by atoms with E-state index in [4.69, 9.17) is 23.8 Å². The summed E-state index contributed by atoms with van der Waals surface area (Å²) >= 11 is 12.0. The molecule has 0 aliphatic heterocycles. The van der Waals surface area contributed by atoms with Gasteiger partial charge < -0.3 is 5.32 Å². The smallest absolute Gasteiger partial charge is 0.146 e. The number of hydrogen-bond donors (Lipinski definition) is 1. The van der Waals surface area contributed by atoms with Gasteiger partial charge in [0.05, 0.1) is 15.6 Å². The van der Waals surface area contributed by atoms with Crippen LogP contribution in [0.1, 0.15) is 16.7 Å². The molecule has 0 unspecified atom stereocenters. The minimum atomic E-state index is -0.312. The van der Waals surface area contributed by atoms with Crippen LogP contribution in [0.4, 0.5) is 15.8 Å². The van der Waals surface area contributed by atoms with Gasteiger partial charge in [-0.15, -0.1) is 0 Å². The summed E-state index contributed by atoms with van der Waals surface area (Å²) in [5.74, 6) is -0.312. The molecule has 3 aromatic rings. The average Bonchev–Trinajstić information content (AvgIpc) is 2.57. The van der Waals surface area contributed by atoms with E-state index in [-0.39, 0.29) is 5.82 Å². The highest BCUT2D eigenvalue weighted by molar-refractivity contribution is 7.81. The van der Waals surface area contributed by atoms with Crippen molar-refractivity contribution in [3.05, 3.63) is 94.3 Å². The van der Waals surface area contributed by atoms with Gasteiger partial charge in [-0.25, -0.2) is 4.39 Å². The van der Waals surface area contributed by atoms with Crippen LogP contribution in [0.2, 0.25) is 5.02 Å². The fourth-order valence-corrected chi connectivity index (χ4v) is 3.21. The third-order valence-electron chi connectivity index (χ3n) is 3.76. The van der Waals surface area contributed by atoms with Gasteiger partial charge in [0.2, 0.25) is 0 Å². The Morgan fingerprint density at radius 2 is 1.67 bits per heavy atom. The lowest BCUT2D eigenvalue weighted by Crippen LogP contribution is -2.03. The van der Waals surface area contributed by atoms with Gasteiger partial charge in [-0.05, 0) is 48.4 Å². The molecule has 0 aromatic heterocycles. The van der Waals surface area contributed by atoms with Crippen LogP contribution >= 0.6 is 23.8 Å². The van der Waals surface area contributed by atoms with E-state index < -0.39 is 0 Å². The van der Waals surface area contributed by atoms with Crippen molar-refractivity contribution < 1.29 is 4.39 Å². The number of hydrogen-bond acceptors (Lipinski definition) is 2. The number of thiocarbonyl (C=S) groups is 1. The Bertz CT molecular complexity index is 908. The number of benzene rings is 3. The highest BCUT2D eigenvalue weighted by Crippen LogP contribution is 2.27. The van der Waals surface area contributed by atoms with Gasteiger partial charge in [-0.2, -0.15) is 0 Å². The molecule has 3 aromatic carbocycles. The van der Waals surface area contributed by atoms with Crippen molar-refractivity contribution in [2.75, 3.05) is 5.32 Å². The number of anilines is 2. The Morgan fingerprint density at radius 1 is 0.958 bits per heavy atom. The third-order valence-corrected chi connectivity index (χ3v) is 4.51. The molecule has 0 saturated heterocycles. The molecule has 0 atom stereocenters. The SMILES string of the molecule is Cc1ccccc1C(=S)c1ccc(Nc2ccccc2F)cc1Cl. The van der Waals surface area contributed by atoms with E-state index in [1.165, 1.54) is 6.07 Å². The number of halogens is 2. The molecule has 0 radical (unpaired) electrons. The van der Waals surface area contributed by atoms with Crippen molar-refractivity contribution >= 4 is 40.1 Å². The predicted molar refractivity (Wildman–Crippen MR) is 103 cm³/mol. The highest BCUT2D eigenvalue weighted by Gasteiger charge is 2.12. The summed E-state index contributed by atoms with van der Waals surface area (Å²) in [6, 6.07) is 19.9. The highest BCUT2D eigenvalue weighted by atomic mass is 35.5. The lowest BCUT2D eigenvalue weighted by atomic mass is 10.00. The molecular formula is C20H15ClFNS. The van der Waals surface area contributed by atoms with Crippen molar-refractivity contribution in [2.24, 2.45) is 0 Å². The Hall–Kier alpha value is -2.23. The molecule has 1 nitrogen and oxygen atoms in total. The summed E-state index contributed by atoms with van der Waals surface area (Å²) in [6.07, 6.45) is 0. The van der Waals surface area contributed by atoms with E-state index in [1.54, 1.807) is 24.3 Å². The standard InChI is InChI=1S/C20H15ClFNS/c1-13-6-2-3-7-15(13)20(24)16-11-10-14(12-17(16)21)23-19-9-5-4-8-18(19)22/h2-12,23H,1H3. The minimum absolute atomic E-state index is 0.312. The number of aryl methyl sites for hydroxylation is 1. The second-order valence-corrected chi connectivity index (χ2v) is 6.26. The second-order valence-electron chi connectivity index (χ2n) is 5.44. The van der Waals surface area contributed by atoms with Crippen LogP contribution in [-0.4, -0.2) is 4.86 Å². The first-order valence-corrected chi connectivity index (χ1v) is 8.26. The van der Waals surface area contributed by atoms with Gasteiger partial charge in [0.15, 0.2) is 0 Å². The molecule has 0 aliphatic carbocycles. The van der Waals surface area contributed by atoms with Gasteiger partial charge >= 0.3 is 0 Å².